The number of hydrogen-bond donors (Lipinski definition) is 0. The molecule has 1 saturated carbocycles. The zero-order chi connectivity index (χ0) is 15.2. The summed E-state index contributed by atoms with van der Waals surface area (Å²) in [4.78, 5) is 31.2. The van der Waals surface area contributed by atoms with E-state index in [0.29, 0.717) is 12.8 Å². The lowest BCUT2D eigenvalue weighted by molar-refractivity contribution is -0.240. The molecule has 2 aliphatic rings. The summed E-state index contributed by atoms with van der Waals surface area (Å²) in [6.07, 6.45) is 3.39. The Balaban J connectivity index is 2.06. The zero-order valence-electron chi connectivity index (χ0n) is 12.8. The second-order valence-corrected chi connectivity index (χ2v) is 6.29. The lowest BCUT2D eigenvalue weighted by atomic mass is 9.80. The molecule has 2 fully saturated rings. The molecular formula is C17H21NO3. The van der Waals surface area contributed by atoms with E-state index in [9.17, 15) is 9.59 Å². The Morgan fingerprint density at radius 1 is 1.19 bits per heavy atom. The summed E-state index contributed by atoms with van der Waals surface area (Å²) in [5, 5.41) is 1.27. The highest BCUT2D eigenvalue weighted by Gasteiger charge is 2.54. The number of carbonyl (C=O) groups is 2. The molecule has 1 atom stereocenters. The minimum absolute atomic E-state index is 0.0601. The lowest BCUT2D eigenvalue weighted by Crippen LogP contribution is -2.56. The van der Waals surface area contributed by atoms with Gasteiger partial charge in [-0.05, 0) is 50.7 Å². The Bertz CT molecular complexity index is 602. The fourth-order valence-corrected chi connectivity index (χ4v) is 3.62. The molecule has 4 nitrogen and oxygen atoms in total. The number of hydrogen-bond acceptors (Lipinski definition) is 3. The third-order valence-electron chi connectivity index (χ3n) is 4.73. The number of benzene rings is 1. The number of rotatable bonds is 1. The number of Topliss-reactive ketones (excluding diaryl/α,β-unsaturated/α-hetero) is 1. The second-order valence-electron chi connectivity index (χ2n) is 6.29. The van der Waals surface area contributed by atoms with E-state index in [-0.39, 0.29) is 11.7 Å². The van der Waals surface area contributed by atoms with E-state index in [1.807, 2.05) is 32.0 Å². The number of amides is 1. The van der Waals surface area contributed by atoms with Crippen LogP contribution in [-0.2, 0) is 14.4 Å². The lowest BCUT2D eigenvalue weighted by Gasteiger charge is -2.40. The predicted molar refractivity (Wildman–Crippen MR) is 78.7 cm³/mol. The quantitative estimate of drug-likeness (QED) is 0.746. The summed E-state index contributed by atoms with van der Waals surface area (Å²) >= 11 is 0. The molecule has 21 heavy (non-hydrogen) atoms. The Hall–Kier alpha value is -1.68. The molecule has 1 aliphatic carbocycles. The monoisotopic (exact) mass is 287 g/mol. The molecule has 0 radical (unpaired) electrons. The van der Waals surface area contributed by atoms with E-state index in [4.69, 9.17) is 4.84 Å². The average molecular weight is 287 g/mol. The molecule has 1 amide bonds. The second kappa shape index (κ2) is 4.95. The summed E-state index contributed by atoms with van der Waals surface area (Å²) in [7, 11) is 1.62. The Kier molecular flexibility index (Phi) is 3.36. The SMILES string of the molecule is Cc1ccc(C2C(=O)N(C)OC3(CCCC3)C2=O)c(C)c1. The van der Waals surface area contributed by atoms with Crippen LogP contribution in [-0.4, -0.2) is 29.4 Å². The molecule has 0 aromatic heterocycles. The molecule has 1 saturated heterocycles. The van der Waals surface area contributed by atoms with Crippen LogP contribution >= 0.6 is 0 Å². The van der Waals surface area contributed by atoms with Crippen molar-refractivity contribution in [3.8, 4) is 0 Å². The van der Waals surface area contributed by atoms with Gasteiger partial charge in [-0.3, -0.25) is 14.4 Å². The first-order valence-corrected chi connectivity index (χ1v) is 7.53. The predicted octanol–water partition coefficient (Wildman–Crippen LogP) is 2.67. The fraction of sp³-hybridized carbons (Fsp3) is 0.529. The highest BCUT2D eigenvalue weighted by Crippen LogP contribution is 2.43. The maximum absolute atomic E-state index is 13.0. The first kappa shape index (κ1) is 14.3. The molecule has 3 rings (SSSR count). The first-order valence-electron chi connectivity index (χ1n) is 7.53. The van der Waals surface area contributed by atoms with Crippen LogP contribution < -0.4 is 0 Å². The number of aryl methyl sites for hydroxylation is 2. The van der Waals surface area contributed by atoms with Gasteiger partial charge in [-0.1, -0.05) is 23.8 Å². The topological polar surface area (TPSA) is 46.6 Å². The van der Waals surface area contributed by atoms with Gasteiger partial charge in [-0.25, -0.2) is 5.06 Å². The number of carbonyl (C=O) groups excluding carboxylic acids is 2. The smallest absolute Gasteiger partial charge is 0.261 e. The van der Waals surface area contributed by atoms with Gasteiger partial charge in [0.15, 0.2) is 11.4 Å². The van der Waals surface area contributed by atoms with Gasteiger partial charge >= 0.3 is 0 Å². The van der Waals surface area contributed by atoms with Crippen molar-refractivity contribution in [3.63, 3.8) is 0 Å². The molecule has 0 bridgehead atoms. The Morgan fingerprint density at radius 3 is 2.48 bits per heavy atom. The molecular weight excluding hydrogens is 266 g/mol. The van der Waals surface area contributed by atoms with E-state index in [1.165, 1.54) is 5.06 Å². The zero-order valence-corrected chi connectivity index (χ0v) is 12.8. The third-order valence-corrected chi connectivity index (χ3v) is 4.73. The summed E-state index contributed by atoms with van der Waals surface area (Å²) in [5.74, 6) is -1.04. The van der Waals surface area contributed by atoms with Gasteiger partial charge < -0.3 is 0 Å². The molecule has 1 aromatic rings. The fourth-order valence-electron chi connectivity index (χ4n) is 3.62. The summed E-state index contributed by atoms with van der Waals surface area (Å²) in [6, 6.07) is 5.89. The van der Waals surface area contributed by atoms with Crippen LogP contribution in [0.2, 0.25) is 0 Å². The van der Waals surface area contributed by atoms with E-state index in [1.54, 1.807) is 7.05 Å². The van der Waals surface area contributed by atoms with Crippen LogP contribution in [0.25, 0.3) is 0 Å². The largest absolute Gasteiger partial charge is 0.295 e. The molecule has 1 aromatic carbocycles. The standard InChI is InChI=1S/C17H21NO3/c1-11-6-7-13(12(2)10-11)14-15(19)17(8-4-5-9-17)21-18(3)16(14)20/h6-7,10,14H,4-5,8-9H2,1-3H3. The van der Waals surface area contributed by atoms with Gasteiger partial charge in [0, 0.05) is 7.05 Å². The molecule has 4 heteroatoms. The van der Waals surface area contributed by atoms with E-state index < -0.39 is 11.5 Å². The van der Waals surface area contributed by atoms with Crippen LogP contribution in [0.4, 0.5) is 0 Å². The maximum atomic E-state index is 13.0. The van der Waals surface area contributed by atoms with Crippen molar-refractivity contribution >= 4 is 11.7 Å². The van der Waals surface area contributed by atoms with Crippen molar-refractivity contribution in [1.29, 1.82) is 0 Å². The highest BCUT2D eigenvalue weighted by molar-refractivity contribution is 6.11. The van der Waals surface area contributed by atoms with Crippen molar-refractivity contribution in [2.24, 2.45) is 0 Å². The van der Waals surface area contributed by atoms with Crippen molar-refractivity contribution in [2.75, 3.05) is 7.05 Å². The van der Waals surface area contributed by atoms with Gasteiger partial charge in [-0.15, -0.1) is 0 Å². The Labute approximate surface area is 125 Å². The maximum Gasteiger partial charge on any atom is 0.261 e. The minimum Gasteiger partial charge on any atom is -0.295 e. The molecule has 112 valence electrons. The molecule has 1 spiro atoms. The van der Waals surface area contributed by atoms with Gasteiger partial charge in [0.25, 0.3) is 5.91 Å². The van der Waals surface area contributed by atoms with E-state index in [0.717, 1.165) is 29.5 Å². The van der Waals surface area contributed by atoms with Gasteiger partial charge in [0.2, 0.25) is 0 Å². The minimum atomic E-state index is -0.787. The molecule has 1 aliphatic heterocycles. The van der Waals surface area contributed by atoms with Gasteiger partial charge in [-0.2, -0.15) is 0 Å². The number of ketones is 1. The van der Waals surface area contributed by atoms with Crippen LogP contribution in [0.5, 0.6) is 0 Å². The molecule has 1 unspecified atom stereocenters. The molecule has 1 heterocycles. The normalized spacial score (nSPS) is 24.9. The van der Waals surface area contributed by atoms with Crippen LogP contribution in [0.15, 0.2) is 18.2 Å². The van der Waals surface area contributed by atoms with Crippen LogP contribution in [0.3, 0.4) is 0 Å². The number of nitrogens with zero attached hydrogens (tertiary/aromatic N) is 1. The summed E-state index contributed by atoms with van der Waals surface area (Å²) < 4.78 is 0. The number of hydroxylamine groups is 2. The summed E-state index contributed by atoms with van der Waals surface area (Å²) in [5.41, 5.74) is 2.15. The van der Waals surface area contributed by atoms with E-state index >= 15 is 0 Å². The van der Waals surface area contributed by atoms with Crippen molar-refractivity contribution in [3.05, 3.63) is 34.9 Å². The first-order chi connectivity index (χ1) is 9.94. The highest BCUT2D eigenvalue weighted by atomic mass is 16.7. The third kappa shape index (κ3) is 2.18. The number of likely N-dealkylation sites (N-methyl/N-ethyl adjacent to an activating group) is 1. The Morgan fingerprint density at radius 2 is 1.86 bits per heavy atom. The van der Waals surface area contributed by atoms with Crippen molar-refractivity contribution < 1.29 is 14.4 Å². The average Bonchev–Trinajstić information content (AvgIpc) is 2.89. The van der Waals surface area contributed by atoms with E-state index in [2.05, 4.69) is 0 Å². The van der Waals surface area contributed by atoms with Crippen molar-refractivity contribution in [1.82, 2.24) is 5.06 Å². The summed E-state index contributed by atoms with van der Waals surface area (Å²) in [6.45, 7) is 3.97. The molecule has 0 N–H and O–H groups in total. The van der Waals surface area contributed by atoms with Crippen LogP contribution in [0.1, 0.15) is 48.3 Å². The van der Waals surface area contributed by atoms with Crippen LogP contribution in [0, 0.1) is 13.8 Å². The van der Waals surface area contributed by atoms with Gasteiger partial charge in [0.1, 0.15) is 5.92 Å². The van der Waals surface area contributed by atoms with Crippen molar-refractivity contribution in [2.45, 2.75) is 51.0 Å². The van der Waals surface area contributed by atoms with Gasteiger partial charge in [0.05, 0.1) is 0 Å².